The molecule has 0 saturated carbocycles. The van der Waals surface area contributed by atoms with Crippen molar-refractivity contribution in [1.29, 1.82) is 0 Å². The molecule has 0 bridgehead atoms. The van der Waals surface area contributed by atoms with Crippen molar-refractivity contribution in [3.05, 3.63) is 35.8 Å². The number of alkyl halides is 3. The van der Waals surface area contributed by atoms with E-state index in [0.717, 1.165) is 26.2 Å². The maximum absolute atomic E-state index is 14.3. The number of piperazine rings is 1. The van der Waals surface area contributed by atoms with Crippen LogP contribution in [0, 0.1) is 5.82 Å². The van der Waals surface area contributed by atoms with Gasteiger partial charge in [0.25, 0.3) is 0 Å². The van der Waals surface area contributed by atoms with Gasteiger partial charge in [0.2, 0.25) is 0 Å². The molecule has 1 aliphatic rings. The van der Waals surface area contributed by atoms with E-state index in [0.29, 0.717) is 28.9 Å². The minimum absolute atomic E-state index is 0.0386. The van der Waals surface area contributed by atoms with Crippen LogP contribution in [-0.4, -0.2) is 46.5 Å². The quantitative estimate of drug-likeness (QED) is 0.595. The summed E-state index contributed by atoms with van der Waals surface area (Å²) in [7, 11) is 0. The van der Waals surface area contributed by atoms with Crippen LogP contribution in [-0.2, 0) is 6.18 Å². The summed E-state index contributed by atoms with van der Waals surface area (Å²) in [5, 5.41) is 19.9. The van der Waals surface area contributed by atoms with E-state index < -0.39 is 28.9 Å². The Bertz CT molecular complexity index is 995. The van der Waals surface area contributed by atoms with Crippen LogP contribution in [0.15, 0.2) is 24.4 Å². The third-order valence-corrected chi connectivity index (χ3v) is 4.51. The fourth-order valence-corrected chi connectivity index (χ4v) is 3.12. The number of aromatic hydroxyl groups is 1. The van der Waals surface area contributed by atoms with Crippen LogP contribution in [0.1, 0.15) is 5.56 Å². The van der Waals surface area contributed by atoms with Crippen molar-refractivity contribution in [2.45, 2.75) is 6.18 Å². The first-order valence-corrected chi connectivity index (χ1v) is 8.24. The maximum atomic E-state index is 14.3. The van der Waals surface area contributed by atoms with Gasteiger partial charge < -0.3 is 15.3 Å². The van der Waals surface area contributed by atoms with E-state index in [-0.39, 0.29) is 5.69 Å². The van der Waals surface area contributed by atoms with Gasteiger partial charge in [0.1, 0.15) is 11.5 Å². The summed E-state index contributed by atoms with van der Waals surface area (Å²) < 4.78 is 53.4. The summed E-state index contributed by atoms with van der Waals surface area (Å²) in [6.45, 7) is 3.19. The van der Waals surface area contributed by atoms with Gasteiger partial charge in [0.05, 0.1) is 11.1 Å². The number of aromatic nitrogens is 3. The fraction of sp³-hybridized carbons (Fsp3) is 0.294. The second-order valence-corrected chi connectivity index (χ2v) is 6.25. The lowest BCUT2D eigenvalue weighted by molar-refractivity contribution is -0.137. The average molecular weight is 381 g/mol. The molecule has 1 fully saturated rings. The van der Waals surface area contributed by atoms with Crippen molar-refractivity contribution in [3.8, 4) is 17.0 Å². The monoisotopic (exact) mass is 381 g/mol. The van der Waals surface area contributed by atoms with E-state index in [2.05, 4.69) is 25.4 Å². The van der Waals surface area contributed by atoms with Gasteiger partial charge >= 0.3 is 6.18 Å². The van der Waals surface area contributed by atoms with Gasteiger partial charge in [-0.1, -0.05) is 0 Å². The van der Waals surface area contributed by atoms with Gasteiger partial charge in [0.15, 0.2) is 11.6 Å². The number of phenolic OH excluding ortho intramolecular Hbond substituents is 1. The lowest BCUT2D eigenvalue weighted by Gasteiger charge is -2.28. The molecule has 1 saturated heterocycles. The molecule has 1 aliphatic heterocycles. The zero-order chi connectivity index (χ0) is 19.2. The van der Waals surface area contributed by atoms with E-state index in [1.54, 1.807) is 6.07 Å². The van der Waals surface area contributed by atoms with Crippen molar-refractivity contribution < 1.29 is 22.7 Å². The zero-order valence-electron chi connectivity index (χ0n) is 13.9. The molecule has 27 heavy (non-hydrogen) atoms. The van der Waals surface area contributed by atoms with Crippen LogP contribution < -0.4 is 10.2 Å². The molecule has 0 spiro atoms. The smallest absolute Gasteiger partial charge is 0.416 e. The van der Waals surface area contributed by atoms with E-state index in [4.69, 9.17) is 0 Å². The van der Waals surface area contributed by atoms with Gasteiger partial charge in [-0.3, -0.25) is 5.10 Å². The number of rotatable bonds is 2. The van der Waals surface area contributed by atoms with E-state index >= 15 is 0 Å². The Kier molecular flexibility index (Phi) is 4.14. The summed E-state index contributed by atoms with van der Waals surface area (Å²) in [5.74, 6) is -1.55. The van der Waals surface area contributed by atoms with Crippen molar-refractivity contribution >= 4 is 16.7 Å². The Labute approximate surface area is 150 Å². The summed E-state index contributed by atoms with van der Waals surface area (Å²) in [4.78, 5) is 6.41. The van der Waals surface area contributed by atoms with Crippen LogP contribution in [0.3, 0.4) is 0 Å². The molecule has 3 heterocycles. The Morgan fingerprint density at radius 1 is 1.11 bits per heavy atom. The second kappa shape index (κ2) is 6.38. The first kappa shape index (κ1) is 17.5. The molecular weight excluding hydrogens is 366 g/mol. The molecule has 4 rings (SSSR count). The van der Waals surface area contributed by atoms with E-state index in [9.17, 15) is 22.7 Å². The van der Waals surface area contributed by atoms with Crippen molar-refractivity contribution in [2.24, 2.45) is 0 Å². The lowest BCUT2D eigenvalue weighted by atomic mass is 10.0. The Hall–Kier alpha value is -2.88. The number of halogens is 4. The lowest BCUT2D eigenvalue weighted by Crippen LogP contribution is -2.43. The number of anilines is 1. The minimum atomic E-state index is -4.72. The molecule has 3 aromatic rings. The molecule has 1 aromatic carbocycles. The molecule has 0 unspecified atom stereocenters. The molecule has 142 valence electrons. The molecule has 6 nitrogen and oxygen atoms in total. The number of pyridine rings is 1. The highest BCUT2D eigenvalue weighted by atomic mass is 19.4. The van der Waals surface area contributed by atoms with Crippen LogP contribution in [0.4, 0.5) is 23.4 Å². The molecule has 3 N–H and O–H groups in total. The van der Waals surface area contributed by atoms with Crippen LogP contribution in [0.5, 0.6) is 5.75 Å². The van der Waals surface area contributed by atoms with Gasteiger partial charge in [-0.15, -0.1) is 0 Å². The third-order valence-electron chi connectivity index (χ3n) is 4.51. The number of hydrogen-bond acceptors (Lipinski definition) is 5. The molecule has 10 heteroatoms. The minimum Gasteiger partial charge on any atom is -0.505 e. The van der Waals surface area contributed by atoms with Gasteiger partial charge in [-0.05, 0) is 12.1 Å². The van der Waals surface area contributed by atoms with Crippen molar-refractivity contribution in [1.82, 2.24) is 20.5 Å². The number of fused-ring (bicyclic) bond motifs is 1. The highest BCUT2D eigenvalue weighted by Gasteiger charge is 2.33. The van der Waals surface area contributed by atoms with E-state index in [1.165, 1.54) is 6.20 Å². The topological polar surface area (TPSA) is 77.1 Å². The number of hydrogen-bond donors (Lipinski definition) is 3. The van der Waals surface area contributed by atoms with Crippen molar-refractivity contribution in [2.75, 3.05) is 31.1 Å². The zero-order valence-corrected chi connectivity index (χ0v) is 13.9. The predicted molar refractivity (Wildman–Crippen MR) is 91.0 cm³/mol. The number of nitrogens with zero attached hydrogens (tertiary/aromatic N) is 3. The Morgan fingerprint density at radius 3 is 2.56 bits per heavy atom. The first-order valence-electron chi connectivity index (χ1n) is 8.24. The predicted octanol–water partition coefficient (Wildman–Crippen LogP) is 2.90. The van der Waals surface area contributed by atoms with E-state index in [1.807, 2.05) is 0 Å². The summed E-state index contributed by atoms with van der Waals surface area (Å²) >= 11 is 0. The summed E-state index contributed by atoms with van der Waals surface area (Å²) in [5.41, 5.74) is -1.11. The number of phenols is 1. The number of H-pyrrole nitrogens is 1. The summed E-state index contributed by atoms with van der Waals surface area (Å²) in [6.07, 6.45) is -3.28. The third kappa shape index (κ3) is 3.16. The second-order valence-electron chi connectivity index (χ2n) is 6.25. The Morgan fingerprint density at radius 2 is 1.85 bits per heavy atom. The van der Waals surface area contributed by atoms with Gasteiger partial charge in [0, 0.05) is 49.4 Å². The number of nitrogens with one attached hydrogen (secondary N) is 2. The van der Waals surface area contributed by atoms with Gasteiger partial charge in [-0.2, -0.15) is 18.3 Å². The van der Waals surface area contributed by atoms with Crippen molar-refractivity contribution in [3.63, 3.8) is 0 Å². The highest BCUT2D eigenvalue weighted by molar-refractivity contribution is 5.94. The molecule has 0 aliphatic carbocycles. The number of benzene rings is 1. The highest BCUT2D eigenvalue weighted by Crippen LogP contribution is 2.39. The summed E-state index contributed by atoms with van der Waals surface area (Å²) in [6, 6.07) is 2.71. The molecule has 0 radical (unpaired) electrons. The maximum Gasteiger partial charge on any atom is 0.416 e. The molecular formula is C17H15F4N5O. The average Bonchev–Trinajstić information content (AvgIpc) is 3.06. The fourth-order valence-electron chi connectivity index (χ4n) is 3.12. The van der Waals surface area contributed by atoms with Gasteiger partial charge in [-0.25, -0.2) is 9.37 Å². The normalized spacial score (nSPS) is 15.5. The molecule has 2 aromatic heterocycles. The number of aromatic amines is 1. The van der Waals surface area contributed by atoms with Crippen LogP contribution >= 0.6 is 0 Å². The van der Waals surface area contributed by atoms with Crippen LogP contribution in [0.25, 0.3) is 22.2 Å². The SMILES string of the molecule is Oc1cc(C(F)(F)F)cc(-c2n[nH]c3cc(N4CCNCC4)ncc23)c1F. The first-order chi connectivity index (χ1) is 12.8. The largest absolute Gasteiger partial charge is 0.505 e. The van der Waals surface area contributed by atoms with Crippen LogP contribution in [0.2, 0.25) is 0 Å². The molecule has 0 amide bonds. The standard InChI is InChI=1S/C17H15F4N5O/c18-15-10(5-9(6-13(15)27)17(19,20)21)16-11-8-23-14(7-12(11)24-25-16)26-3-1-22-2-4-26/h5-8,22,27H,1-4H2,(H,24,25). The Balaban J connectivity index is 1.80. The molecule has 0 atom stereocenters.